The molecule has 1 atom stereocenters. The topological polar surface area (TPSA) is 38.1 Å². The molecule has 3 aromatic carbocycles. The van der Waals surface area contributed by atoms with Crippen LogP contribution in [0.1, 0.15) is 29.3 Å². The van der Waals surface area contributed by atoms with Gasteiger partial charge in [-0.05, 0) is 29.7 Å². The standard InChI is InChI=1S/C26H25N3O/c30-25-17-22(19-28(25)16-15-20-9-3-1-4-10-20)26-27-23-13-7-8-14-24(23)29(26)18-21-11-5-2-6-12-21/h1-14,22H,15-19H2. The molecule has 1 amide bonds. The first-order valence-corrected chi connectivity index (χ1v) is 10.6. The lowest BCUT2D eigenvalue weighted by atomic mass is 10.1. The monoisotopic (exact) mass is 395 g/mol. The summed E-state index contributed by atoms with van der Waals surface area (Å²) in [6, 6.07) is 29.1. The van der Waals surface area contributed by atoms with Crippen molar-refractivity contribution < 1.29 is 4.79 Å². The van der Waals surface area contributed by atoms with Crippen molar-refractivity contribution in [3.05, 3.63) is 102 Å². The van der Waals surface area contributed by atoms with Gasteiger partial charge in [-0.3, -0.25) is 4.79 Å². The third-order valence-corrected chi connectivity index (χ3v) is 5.96. The third-order valence-electron chi connectivity index (χ3n) is 5.96. The minimum absolute atomic E-state index is 0.129. The van der Waals surface area contributed by atoms with Crippen molar-refractivity contribution in [2.75, 3.05) is 13.1 Å². The average molecular weight is 396 g/mol. The van der Waals surface area contributed by atoms with Gasteiger partial charge in [0.2, 0.25) is 5.91 Å². The summed E-state index contributed by atoms with van der Waals surface area (Å²) in [5.74, 6) is 1.38. The van der Waals surface area contributed by atoms with Crippen LogP contribution in [-0.2, 0) is 17.8 Å². The molecular formula is C26H25N3O. The van der Waals surface area contributed by atoms with Gasteiger partial charge in [-0.25, -0.2) is 4.98 Å². The second kappa shape index (κ2) is 8.15. The number of amides is 1. The number of fused-ring (bicyclic) bond motifs is 1. The van der Waals surface area contributed by atoms with Gasteiger partial charge in [0, 0.05) is 32.0 Å². The highest BCUT2D eigenvalue weighted by Gasteiger charge is 2.33. The molecule has 0 radical (unpaired) electrons. The molecule has 4 aromatic rings. The third kappa shape index (κ3) is 3.73. The van der Waals surface area contributed by atoms with Gasteiger partial charge in [0.1, 0.15) is 5.82 Å². The zero-order valence-electron chi connectivity index (χ0n) is 16.9. The predicted octanol–water partition coefficient (Wildman–Crippen LogP) is 4.64. The lowest BCUT2D eigenvalue weighted by molar-refractivity contribution is -0.127. The summed E-state index contributed by atoms with van der Waals surface area (Å²) in [7, 11) is 0. The number of likely N-dealkylation sites (tertiary alicyclic amines) is 1. The van der Waals surface area contributed by atoms with Crippen molar-refractivity contribution in [1.82, 2.24) is 14.5 Å². The molecule has 0 spiro atoms. The van der Waals surface area contributed by atoms with Crippen LogP contribution >= 0.6 is 0 Å². The number of imidazole rings is 1. The lowest BCUT2D eigenvalue weighted by Gasteiger charge is -2.17. The SMILES string of the molecule is O=C1CC(c2nc3ccccc3n2Cc2ccccc2)CN1CCc1ccccc1. The number of aromatic nitrogens is 2. The maximum absolute atomic E-state index is 12.8. The summed E-state index contributed by atoms with van der Waals surface area (Å²) in [4.78, 5) is 19.7. The Morgan fingerprint density at radius 1 is 0.833 bits per heavy atom. The van der Waals surface area contributed by atoms with Crippen LogP contribution in [0.3, 0.4) is 0 Å². The minimum atomic E-state index is 0.129. The molecule has 2 heterocycles. The molecule has 1 aliphatic rings. The van der Waals surface area contributed by atoms with E-state index in [9.17, 15) is 4.79 Å². The van der Waals surface area contributed by atoms with Crippen LogP contribution in [0.2, 0.25) is 0 Å². The van der Waals surface area contributed by atoms with Gasteiger partial charge in [-0.1, -0.05) is 72.8 Å². The largest absolute Gasteiger partial charge is 0.342 e. The summed E-state index contributed by atoms with van der Waals surface area (Å²) in [5, 5.41) is 0. The molecule has 1 fully saturated rings. The normalized spacial score (nSPS) is 16.5. The number of rotatable bonds is 6. The second-order valence-electron chi connectivity index (χ2n) is 8.01. The summed E-state index contributed by atoms with van der Waals surface area (Å²) in [6.45, 7) is 2.27. The number of benzene rings is 3. The first-order chi connectivity index (χ1) is 14.8. The molecule has 5 rings (SSSR count). The van der Waals surface area contributed by atoms with Gasteiger partial charge < -0.3 is 9.47 Å². The van der Waals surface area contributed by atoms with Gasteiger partial charge >= 0.3 is 0 Å². The van der Waals surface area contributed by atoms with E-state index in [1.165, 1.54) is 11.1 Å². The zero-order valence-corrected chi connectivity index (χ0v) is 16.9. The van der Waals surface area contributed by atoms with Crippen molar-refractivity contribution in [2.24, 2.45) is 0 Å². The van der Waals surface area contributed by atoms with Crippen LogP contribution in [0, 0.1) is 0 Å². The van der Waals surface area contributed by atoms with E-state index >= 15 is 0 Å². The van der Waals surface area contributed by atoms with Gasteiger partial charge in [0.15, 0.2) is 0 Å². The fraction of sp³-hybridized carbons (Fsp3) is 0.231. The average Bonchev–Trinajstić information content (AvgIpc) is 3.34. The van der Waals surface area contributed by atoms with Crippen molar-refractivity contribution in [3.63, 3.8) is 0 Å². The summed E-state index contributed by atoms with van der Waals surface area (Å²) in [6.07, 6.45) is 1.42. The molecule has 0 bridgehead atoms. The van der Waals surface area contributed by atoms with Gasteiger partial charge in [0.05, 0.1) is 11.0 Å². The second-order valence-corrected chi connectivity index (χ2v) is 8.01. The van der Waals surface area contributed by atoms with Crippen molar-refractivity contribution in [1.29, 1.82) is 0 Å². The Kier molecular flexibility index (Phi) is 5.06. The smallest absolute Gasteiger partial charge is 0.223 e. The Labute approximate surface area is 176 Å². The first kappa shape index (κ1) is 18.6. The van der Waals surface area contributed by atoms with E-state index in [1.807, 2.05) is 23.1 Å². The van der Waals surface area contributed by atoms with Crippen LogP contribution in [0.4, 0.5) is 0 Å². The molecule has 0 aliphatic carbocycles. The van der Waals surface area contributed by atoms with E-state index in [-0.39, 0.29) is 11.8 Å². The minimum Gasteiger partial charge on any atom is -0.342 e. The van der Waals surface area contributed by atoms with Crippen molar-refractivity contribution >= 4 is 16.9 Å². The fourth-order valence-electron chi connectivity index (χ4n) is 4.41. The summed E-state index contributed by atoms with van der Waals surface area (Å²) >= 11 is 0. The number of hydrogen-bond donors (Lipinski definition) is 0. The zero-order chi connectivity index (χ0) is 20.3. The predicted molar refractivity (Wildman–Crippen MR) is 119 cm³/mol. The van der Waals surface area contributed by atoms with Crippen molar-refractivity contribution in [3.8, 4) is 0 Å². The molecular weight excluding hydrogens is 370 g/mol. The molecule has 0 N–H and O–H groups in total. The summed E-state index contributed by atoms with van der Waals surface area (Å²) < 4.78 is 2.29. The number of nitrogens with zero attached hydrogens (tertiary/aromatic N) is 3. The molecule has 1 unspecified atom stereocenters. The van der Waals surface area contributed by atoms with Crippen LogP contribution in [0.5, 0.6) is 0 Å². The van der Waals surface area contributed by atoms with Crippen LogP contribution in [-0.4, -0.2) is 33.4 Å². The van der Waals surface area contributed by atoms with Crippen molar-refractivity contribution in [2.45, 2.75) is 25.3 Å². The van der Waals surface area contributed by atoms with E-state index in [0.29, 0.717) is 6.42 Å². The number of carbonyl (C=O) groups is 1. The summed E-state index contributed by atoms with van der Waals surface area (Å²) in [5.41, 5.74) is 4.64. The van der Waals surface area contributed by atoms with E-state index in [1.54, 1.807) is 0 Å². The van der Waals surface area contributed by atoms with E-state index < -0.39 is 0 Å². The number of hydrogen-bond acceptors (Lipinski definition) is 2. The Morgan fingerprint density at radius 2 is 1.50 bits per heavy atom. The van der Waals surface area contributed by atoms with Gasteiger partial charge in [0.25, 0.3) is 0 Å². The highest BCUT2D eigenvalue weighted by Crippen LogP contribution is 2.31. The maximum Gasteiger partial charge on any atom is 0.223 e. The molecule has 4 nitrogen and oxygen atoms in total. The van der Waals surface area contributed by atoms with Gasteiger partial charge in [-0.2, -0.15) is 0 Å². The Hall–Kier alpha value is -3.40. The highest BCUT2D eigenvalue weighted by atomic mass is 16.2. The van der Waals surface area contributed by atoms with E-state index in [2.05, 4.69) is 71.3 Å². The molecule has 1 aliphatic heterocycles. The fourth-order valence-corrected chi connectivity index (χ4v) is 4.41. The Bertz CT molecular complexity index is 1150. The first-order valence-electron chi connectivity index (χ1n) is 10.6. The number of para-hydroxylation sites is 2. The van der Waals surface area contributed by atoms with Gasteiger partial charge in [-0.15, -0.1) is 0 Å². The molecule has 150 valence electrons. The maximum atomic E-state index is 12.8. The Morgan fingerprint density at radius 3 is 2.27 bits per heavy atom. The van der Waals surface area contributed by atoms with E-state index in [0.717, 1.165) is 42.9 Å². The highest BCUT2D eigenvalue weighted by molar-refractivity contribution is 5.81. The Balaban J connectivity index is 1.40. The van der Waals surface area contributed by atoms with Crippen LogP contribution in [0.15, 0.2) is 84.9 Å². The molecule has 1 aromatic heterocycles. The van der Waals surface area contributed by atoms with Crippen LogP contribution in [0.25, 0.3) is 11.0 Å². The molecule has 0 saturated carbocycles. The van der Waals surface area contributed by atoms with Crippen LogP contribution < -0.4 is 0 Å². The molecule has 30 heavy (non-hydrogen) atoms. The quantitative estimate of drug-likeness (QED) is 0.477. The molecule has 1 saturated heterocycles. The van der Waals surface area contributed by atoms with E-state index in [4.69, 9.17) is 4.98 Å². The molecule has 4 heteroatoms. The lowest BCUT2D eigenvalue weighted by Crippen LogP contribution is -2.27. The number of carbonyl (C=O) groups excluding carboxylic acids is 1.